The van der Waals surface area contributed by atoms with Crippen LogP contribution in [-0.4, -0.2) is 30.7 Å². The molecule has 2 N–H and O–H groups in total. The number of H-pyrrole nitrogens is 1. The number of nitrogens with zero attached hydrogens (tertiary/aromatic N) is 3. The van der Waals surface area contributed by atoms with Crippen molar-refractivity contribution in [2.45, 2.75) is 25.7 Å². The number of nitrogens with one attached hydrogen (secondary N) is 1. The molecule has 0 saturated heterocycles. The Morgan fingerprint density at radius 2 is 2.27 bits per heavy atom. The van der Waals surface area contributed by atoms with E-state index in [0.717, 1.165) is 18.7 Å². The third kappa shape index (κ3) is 1.14. The second kappa shape index (κ2) is 2.59. The topological polar surface area (TPSA) is 83.3 Å². The van der Waals surface area contributed by atoms with E-state index in [9.17, 15) is 4.79 Å². The molecule has 0 aromatic carbocycles. The van der Waals surface area contributed by atoms with Crippen molar-refractivity contribution in [3.05, 3.63) is 17.2 Å². The Balaban J connectivity index is 2.23. The van der Waals surface area contributed by atoms with Gasteiger partial charge in [-0.1, -0.05) is 0 Å². The van der Waals surface area contributed by atoms with Gasteiger partial charge in [0.1, 0.15) is 5.82 Å². The molecular weight excluding hydrogens is 196 g/mol. The third-order valence-electron chi connectivity index (χ3n) is 2.65. The minimum Gasteiger partial charge on any atom is -0.476 e. The van der Waals surface area contributed by atoms with Crippen LogP contribution in [0.5, 0.6) is 0 Å². The summed E-state index contributed by atoms with van der Waals surface area (Å²) < 4.78 is 1.45. The van der Waals surface area contributed by atoms with Gasteiger partial charge in [-0.15, -0.1) is 0 Å². The molecule has 0 atom stereocenters. The molecule has 6 nitrogen and oxygen atoms in total. The van der Waals surface area contributed by atoms with E-state index in [4.69, 9.17) is 5.11 Å². The van der Waals surface area contributed by atoms with Gasteiger partial charge in [-0.05, 0) is 19.8 Å². The number of rotatable bonds is 2. The first-order chi connectivity index (χ1) is 7.16. The fourth-order valence-electron chi connectivity index (χ4n) is 1.73. The molecule has 6 heteroatoms. The van der Waals surface area contributed by atoms with Crippen molar-refractivity contribution in [3.8, 4) is 0 Å². The highest BCUT2D eigenvalue weighted by Gasteiger charge is 2.28. The quantitative estimate of drug-likeness (QED) is 0.766. The number of hydrogen-bond donors (Lipinski definition) is 2. The monoisotopic (exact) mass is 206 g/mol. The Morgan fingerprint density at radius 3 is 2.87 bits per heavy atom. The Labute approximate surface area is 84.9 Å². The van der Waals surface area contributed by atoms with Gasteiger partial charge in [0.25, 0.3) is 5.78 Å². The molecule has 1 fully saturated rings. The Hall–Kier alpha value is -1.85. The number of hydrogen-bond acceptors (Lipinski definition) is 3. The maximum atomic E-state index is 11.0. The number of aryl methyl sites for hydroxylation is 1. The maximum absolute atomic E-state index is 11.0. The largest absolute Gasteiger partial charge is 0.476 e. The molecule has 2 heterocycles. The predicted octanol–water partition coefficient (Wildman–Crippen LogP) is 0.941. The van der Waals surface area contributed by atoms with Crippen molar-refractivity contribution in [1.82, 2.24) is 19.6 Å². The fourth-order valence-corrected chi connectivity index (χ4v) is 1.73. The summed E-state index contributed by atoms with van der Waals surface area (Å²) in [5.74, 6) is 0.784. The molecule has 78 valence electrons. The summed E-state index contributed by atoms with van der Waals surface area (Å²) in [7, 11) is 0. The molecule has 0 radical (unpaired) electrons. The summed E-state index contributed by atoms with van der Waals surface area (Å²) in [5.41, 5.74) is 0.660. The lowest BCUT2D eigenvalue weighted by Gasteiger charge is -1.93. The molecular formula is C9H10N4O2. The third-order valence-corrected chi connectivity index (χ3v) is 2.65. The Morgan fingerprint density at radius 1 is 1.53 bits per heavy atom. The number of aromatic amines is 1. The van der Waals surface area contributed by atoms with E-state index >= 15 is 0 Å². The van der Waals surface area contributed by atoms with E-state index in [-0.39, 0.29) is 5.69 Å². The zero-order valence-electron chi connectivity index (χ0n) is 8.19. The van der Waals surface area contributed by atoms with Gasteiger partial charge in [0.05, 0.1) is 5.69 Å². The summed E-state index contributed by atoms with van der Waals surface area (Å²) in [4.78, 5) is 19.4. The van der Waals surface area contributed by atoms with Gasteiger partial charge in [0.2, 0.25) is 0 Å². The normalized spacial score (nSPS) is 16.1. The molecule has 0 bridgehead atoms. The Bertz CT molecular complexity index is 550. The molecule has 1 aliphatic carbocycles. The first-order valence-corrected chi connectivity index (χ1v) is 4.85. The summed E-state index contributed by atoms with van der Waals surface area (Å²) in [6.07, 6.45) is 2.25. The van der Waals surface area contributed by atoms with Crippen molar-refractivity contribution in [2.75, 3.05) is 0 Å². The second-order valence-electron chi connectivity index (χ2n) is 3.87. The molecule has 0 spiro atoms. The Kier molecular flexibility index (Phi) is 1.46. The zero-order valence-corrected chi connectivity index (χ0v) is 8.19. The van der Waals surface area contributed by atoms with E-state index in [1.165, 1.54) is 4.52 Å². The SMILES string of the molecule is Cc1nc2nc(C3CC3)[nH]n2c1C(=O)O. The number of carboxylic acids is 1. The van der Waals surface area contributed by atoms with Crippen LogP contribution in [0.15, 0.2) is 0 Å². The highest BCUT2D eigenvalue weighted by molar-refractivity contribution is 5.87. The van der Waals surface area contributed by atoms with E-state index in [1.54, 1.807) is 6.92 Å². The molecule has 1 aliphatic rings. The lowest BCUT2D eigenvalue weighted by molar-refractivity contribution is 0.0687. The van der Waals surface area contributed by atoms with Crippen LogP contribution in [0.2, 0.25) is 0 Å². The molecule has 0 unspecified atom stereocenters. The molecule has 15 heavy (non-hydrogen) atoms. The van der Waals surface area contributed by atoms with Crippen LogP contribution < -0.4 is 0 Å². The predicted molar refractivity (Wildman–Crippen MR) is 51.0 cm³/mol. The average Bonchev–Trinajstić information content (AvgIpc) is 2.84. The van der Waals surface area contributed by atoms with E-state index in [1.807, 2.05) is 0 Å². The number of carbonyl (C=O) groups is 1. The smallest absolute Gasteiger partial charge is 0.356 e. The first-order valence-electron chi connectivity index (χ1n) is 4.85. The zero-order chi connectivity index (χ0) is 10.6. The molecule has 1 saturated carbocycles. The summed E-state index contributed by atoms with van der Waals surface area (Å²) >= 11 is 0. The van der Waals surface area contributed by atoms with Crippen LogP contribution in [-0.2, 0) is 0 Å². The molecule has 3 rings (SSSR count). The van der Waals surface area contributed by atoms with Crippen LogP contribution >= 0.6 is 0 Å². The van der Waals surface area contributed by atoms with Gasteiger partial charge in [-0.2, -0.15) is 4.98 Å². The molecule has 2 aromatic heterocycles. The first kappa shape index (κ1) is 8.46. The van der Waals surface area contributed by atoms with Gasteiger partial charge in [0, 0.05) is 5.92 Å². The van der Waals surface area contributed by atoms with Crippen LogP contribution in [0.3, 0.4) is 0 Å². The standard InChI is InChI=1S/C9H10N4O2/c1-4-6(8(14)15)13-9(10-4)11-7(12-13)5-2-3-5/h5H,2-3H2,1H3,(H,14,15)(H,10,11,12). The van der Waals surface area contributed by atoms with E-state index in [0.29, 0.717) is 17.4 Å². The van der Waals surface area contributed by atoms with Crippen molar-refractivity contribution in [3.63, 3.8) is 0 Å². The number of aromatic carboxylic acids is 1. The maximum Gasteiger partial charge on any atom is 0.356 e. The average molecular weight is 206 g/mol. The van der Waals surface area contributed by atoms with E-state index < -0.39 is 5.97 Å². The summed E-state index contributed by atoms with van der Waals surface area (Å²) in [5, 5.41) is 12.0. The molecule has 2 aromatic rings. The lowest BCUT2D eigenvalue weighted by Crippen LogP contribution is -2.04. The van der Waals surface area contributed by atoms with Crippen molar-refractivity contribution >= 4 is 11.7 Å². The van der Waals surface area contributed by atoms with Gasteiger partial charge in [-0.25, -0.2) is 14.3 Å². The molecule has 0 amide bonds. The fraction of sp³-hybridized carbons (Fsp3) is 0.444. The van der Waals surface area contributed by atoms with Crippen molar-refractivity contribution < 1.29 is 9.90 Å². The molecule has 0 aliphatic heterocycles. The van der Waals surface area contributed by atoms with Gasteiger partial charge >= 0.3 is 5.97 Å². The van der Waals surface area contributed by atoms with Crippen LogP contribution in [0, 0.1) is 6.92 Å². The van der Waals surface area contributed by atoms with Crippen LogP contribution in [0.1, 0.15) is 40.8 Å². The van der Waals surface area contributed by atoms with Gasteiger partial charge in [-0.3, -0.25) is 5.10 Å². The lowest BCUT2D eigenvalue weighted by atomic mass is 10.3. The number of carboxylic acid groups (broad SMARTS) is 1. The minimum atomic E-state index is -0.981. The minimum absolute atomic E-state index is 0.171. The second-order valence-corrected chi connectivity index (χ2v) is 3.87. The highest BCUT2D eigenvalue weighted by atomic mass is 16.4. The highest BCUT2D eigenvalue weighted by Crippen LogP contribution is 2.38. The summed E-state index contributed by atoms with van der Waals surface area (Å²) in [6, 6.07) is 0. The summed E-state index contributed by atoms with van der Waals surface area (Å²) in [6.45, 7) is 1.67. The van der Waals surface area contributed by atoms with Gasteiger partial charge in [0.15, 0.2) is 5.69 Å². The van der Waals surface area contributed by atoms with Crippen LogP contribution in [0.4, 0.5) is 0 Å². The number of fused-ring (bicyclic) bond motifs is 1. The number of aromatic nitrogens is 4. The van der Waals surface area contributed by atoms with Crippen molar-refractivity contribution in [2.24, 2.45) is 0 Å². The van der Waals surface area contributed by atoms with Crippen molar-refractivity contribution in [1.29, 1.82) is 0 Å². The number of imidazole rings is 1. The van der Waals surface area contributed by atoms with Gasteiger partial charge < -0.3 is 5.11 Å². The van der Waals surface area contributed by atoms with Crippen LogP contribution in [0.25, 0.3) is 5.78 Å². The van der Waals surface area contributed by atoms with E-state index in [2.05, 4.69) is 15.1 Å².